The zero-order valence-corrected chi connectivity index (χ0v) is 28.5. The molecule has 11 heteroatoms. The molecular weight excluding hydrogens is 611 g/mol. The van der Waals surface area contributed by atoms with E-state index in [1.807, 2.05) is 75.4 Å². The number of aliphatic hydroxyl groups is 1. The van der Waals surface area contributed by atoms with Crippen LogP contribution in [0.5, 0.6) is 5.75 Å². The molecule has 1 aliphatic heterocycles. The second kappa shape index (κ2) is 13.9. The number of amides is 2. The lowest BCUT2D eigenvalue weighted by Gasteiger charge is -2.33. The zero-order chi connectivity index (χ0) is 33.1. The number of benzene rings is 3. The molecule has 0 bridgehead atoms. The Morgan fingerprint density at radius 3 is 2.31 bits per heavy atom. The van der Waals surface area contributed by atoms with Crippen molar-refractivity contribution in [3.8, 4) is 5.75 Å². The molecule has 2 amide bonds. The molecule has 0 saturated carbocycles. The molecule has 0 aliphatic carbocycles. The summed E-state index contributed by atoms with van der Waals surface area (Å²) in [5, 5.41) is 14.6. The van der Waals surface area contributed by atoms with Gasteiger partial charge >= 0.3 is 0 Å². The molecule has 3 N–H and O–H groups in total. The Hall–Kier alpha value is -3.38. The number of ether oxygens (including phenoxy) is 1. The van der Waals surface area contributed by atoms with Gasteiger partial charge < -0.3 is 20.1 Å². The third kappa shape index (κ3) is 7.54. The largest absolute Gasteiger partial charge is 0.496 e. The number of carbonyl (C=O) groups is 2. The van der Waals surface area contributed by atoms with Gasteiger partial charge in [-0.25, -0.2) is 13.1 Å². The Morgan fingerprint density at radius 1 is 1.02 bits per heavy atom. The Balaban J connectivity index is 1.64. The summed E-state index contributed by atoms with van der Waals surface area (Å²) in [5.74, 6) is -0.312. The van der Waals surface area contributed by atoms with Crippen LogP contribution >= 0.6 is 11.8 Å². The number of thioether (sulfide) groups is 1. The van der Waals surface area contributed by atoms with Crippen molar-refractivity contribution in [2.45, 2.75) is 82.3 Å². The van der Waals surface area contributed by atoms with E-state index in [1.165, 1.54) is 23.8 Å². The molecule has 9 nitrogen and oxygen atoms in total. The van der Waals surface area contributed by atoms with Gasteiger partial charge in [-0.15, -0.1) is 11.8 Å². The average molecular weight is 654 g/mol. The zero-order valence-electron chi connectivity index (χ0n) is 26.9. The first-order chi connectivity index (χ1) is 21.2. The third-order valence-corrected chi connectivity index (χ3v) is 11.7. The highest BCUT2D eigenvalue weighted by Gasteiger charge is 2.50. The molecule has 1 aliphatic rings. The topological polar surface area (TPSA) is 125 Å². The van der Waals surface area contributed by atoms with Crippen LogP contribution in [-0.4, -0.2) is 66.2 Å². The molecule has 3 aromatic rings. The minimum atomic E-state index is -4.21. The normalized spacial score (nSPS) is 17.5. The molecule has 3 aromatic carbocycles. The summed E-state index contributed by atoms with van der Waals surface area (Å²) in [7, 11) is -2.68. The van der Waals surface area contributed by atoms with E-state index in [-0.39, 0.29) is 23.1 Å². The number of hydrogen-bond donors (Lipinski definition) is 3. The number of aryl methyl sites for hydroxylation is 2. The van der Waals surface area contributed by atoms with Gasteiger partial charge in [0.1, 0.15) is 17.9 Å². The van der Waals surface area contributed by atoms with Gasteiger partial charge in [-0.3, -0.25) is 9.59 Å². The van der Waals surface area contributed by atoms with Gasteiger partial charge in [-0.1, -0.05) is 54.6 Å². The molecule has 0 aromatic heterocycles. The van der Waals surface area contributed by atoms with E-state index in [9.17, 15) is 23.1 Å². The number of methoxy groups -OCH3 is 1. The molecule has 45 heavy (non-hydrogen) atoms. The maximum atomic E-state index is 14.0. The second-order valence-electron chi connectivity index (χ2n) is 12.1. The molecule has 1 saturated heterocycles. The summed E-state index contributed by atoms with van der Waals surface area (Å²) in [5.41, 5.74) is 4.40. The summed E-state index contributed by atoms with van der Waals surface area (Å²) in [6.45, 7) is 11.2. The first-order valence-corrected chi connectivity index (χ1v) is 17.3. The Kier molecular flexibility index (Phi) is 10.7. The molecule has 1 heterocycles. The van der Waals surface area contributed by atoms with Gasteiger partial charge in [-0.05, 0) is 87.4 Å². The van der Waals surface area contributed by atoms with Gasteiger partial charge in [0.15, 0.2) is 0 Å². The molecule has 0 spiro atoms. The minimum absolute atomic E-state index is 0.0503. The van der Waals surface area contributed by atoms with Gasteiger partial charge in [0.2, 0.25) is 15.9 Å². The van der Waals surface area contributed by atoms with Crippen LogP contribution in [0.4, 0.5) is 0 Å². The molecule has 1 fully saturated rings. The van der Waals surface area contributed by atoms with E-state index < -0.39 is 38.9 Å². The lowest BCUT2D eigenvalue weighted by molar-refractivity contribution is -0.147. The smallest absolute Gasteiger partial charge is 0.254 e. The van der Waals surface area contributed by atoms with E-state index in [4.69, 9.17) is 4.74 Å². The minimum Gasteiger partial charge on any atom is -0.496 e. The SMILES string of the molecule is COc1cc(C)c(S(=O)(=O)N[C@@H](Cc2ccccc2)[C@H](O)C(=O)N2CSC(C)(C)[C@H]2C(=O)NCc2ccccc2C)c(C)c1C. The number of aliphatic hydroxyl groups excluding tert-OH is 1. The maximum Gasteiger partial charge on any atom is 0.254 e. The summed E-state index contributed by atoms with van der Waals surface area (Å²) >= 11 is 1.43. The van der Waals surface area contributed by atoms with E-state index >= 15 is 0 Å². The summed E-state index contributed by atoms with van der Waals surface area (Å²) in [6, 6.07) is 16.4. The lowest BCUT2D eigenvalue weighted by atomic mass is 9.97. The predicted molar refractivity (Wildman–Crippen MR) is 178 cm³/mol. The van der Waals surface area contributed by atoms with Crippen molar-refractivity contribution in [2.24, 2.45) is 0 Å². The van der Waals surface area contributed by atoms with Gasteiger partial charge in [0.05, 0.1) is 23.9 Å². The van der Waals surface area contributed by atoms with Gasteiger partial charge in [0, 0.05) is 11.3 Å². The fraction of sp³-hybridized carbons (Fsp3) is 0.412. The Labute approximate surface area is 270 Å². The quantitative estimate of drug-likeness (QED) is 0.284. The molecule has 3 atom stereocenters. The Bertz CT molecular complexity index is 1660. The highest BCUT2D eigenvalue weighted by Crippen LogP contribution is 2.40. The number of carbonyl (C=O) groups excluding carboxylic acids is 2. The third-order valence-electron chi connectivity index (χ3n) is 8.50. The molecule has 4 rings (SSSR count). The number of nitrogens with zero attached hydrogens (tertiary/aromatic N) is 1. The predicted octanol–water partition coefficient (Wildman–Crippen LogP) is 4.18. The monoisotopic (exact) mass is 653 g/mol. The summed E-state index contributed by atoms with van der Waals surface area (Å²) < 4.78 is 35.3. The van der Waals surface area contributed by atoms with Crippen molar-refractivity contribution in [3.63, 3.8) is 0 Å². The fourth-order valence-electron chi connectivity index (χ4n) is 5.83. The van der Waals surface area contributed by atoms with Crippen molar-refractivity contribution < 1.29 is 27.9 Å². The van der Waals surface area contributed by atoms with Gasteiger partial charge in [0.25, 0.3) is 5.91 Å². The van der Waals surface area contributed by atoms with Crippen LogP contribution in [0.3, 0.4) is 0 Å². The lowest BCUT2D eigenvalue weighted by Crippen LogP contribution is -2.58. The van der Waals surface area contributed by atoms with Crippen molar-refractivity contribution in [2.75, 3.05) is 13.0 Å². The second-order valence-corrected chi connectivity index (χ2v) is 15.3. The van der Waals surface area contributed by atoms with E-state index in [1.54, 1.807) is 26.8 Å². The highest BCUT2D eigenvalue weighted by molar-refractivity contribution is 8.00. The number of hydrogen-bond acceptors (Lipinski definition) is 7. The van der Waals surface area contributed by atoms with Crippen molar-refractivity contribution >= 4 is 33.6 Å². The average Bonchev–Trinajstić information content (AvgIpc) is 3.32. The first-order valence-electron chi connectivity index (χ1n) is 14.8. The van der Waals surface area contributed by atoms with E-state index in [0.29, 0.717) is 29.0 Å². The number of rotatable bonds is 11. The van der Waals surface area contributed by atoms with Crippen molar-refractivity contribution in [3.05, 3.63) is 94.0 Å². The maximum absolute atomic E-state index is 14.0. The van der Waals surface area contributed by atoms with E-state index in [2.05, 4.69) is 10.0 Å². The summed E-state index contributed by atoms with van der Waals surface area (Å²) in [6.07, 6.45) is -1.71. The van der Waals surface area contributed by atoms with Crippen molar-refractivity contribution in [1.82, 2.24) is 14.9 Å². The number of sulfonamides is 1. The van der Waals surface area contributed by atoms with Crippen LogP contribution in [0.15, 0.2) is 65.6 Å². The van der Waals surface area contributed by atoms with Crippen LogP contribution in [-0.2, 0) is 32.6 Å². The van der Waals surface area contributed by atoms with E-state index in [0.717, 1.165) is 16.7 Å². The van der Waals surface area contributed by atoms with Crippen LogP contribution in [0.1, 0.15) is 47.2 Å². The summed E-state index contributed by atoms with van der Waals surface area (Å²) in [4.78, 5) is 29.1. The number of nitrogens with one attached hydrogen (secondary N) is 2. The van der Waals surface area contributed by atoms with Crippen LogP contribution < -0.4 is 14.8 Å². The van der Waals surface area contributed by atoms with Crippen LogP contribution in [0, 0.1) is 27.7 Å². The molecule has 242 valence electrons. The fourth-order valence-corrected chi connectivity index (χ4v) is 8.74. The van der Waals surface area contributed by atoms with Gasteiger partial charge in [-0.2, -0.15) is 0 Å². The molecule has 0 radical (unpaired) electrons. The Morgan fingerprint density at radius 2 is 1.67 bits per heavy atom. The highest BCUT2D eigenvalue weighted by atomic mass is 32.2. The standard InChI is InChI=1S/C34H43N3O6S2/c1-21-13-11-12-16-26(21)19-35-32(39)31-34(5,6)44-20-37(31)33(40)29(38)27(18-25-14-9-8-10-15-25)36-45(41,42)30-22(2)17-28(43-7)23(3)24(30)4/h8-17,27,29,31,36,38H,18-20H2,1-7H3,(H,35,39)/t27-,29-,31+/m0/s1. The molecule has 0 unspecified atom stereocenters. The van der Waals surface area contributed by atoms with Crippen LogP contribution in [0.2, 0.25) is 0 Å². The molecular formula is C34H43N3O6S2. The van der Waals surface area contributed by atoms with Crippen LogP contribution in [0.25, 0.3) is 0 Å². The first kappa shape index (κ1) is 34.5. The van der Waals surface area contributed by atoms with Crippen molar-refractivity contribution in [1.29, 1.82) is 0 Å².